The van der Waals surface area contributed by atoms with Gasteiger partial charge in [0, 0.05) is 26.6 Å². The summed E-state index contributed by atoms with van der Waals surface area (Å²) in [6, 6.07) is 10.6. The SMILES string of the molecule is CCN1CCC(Cc2ccccc2)(OC)C1. The lowest BCUT2D eigenvalue weighted by atomic mass is 9.93. The predicted octanol–water partition coefficient (Wildman–Crippen LogP) is 2.34. The molecule has 1 atom stereocenters. The van der Waals surface area contributed by atoms with E-state index in [1.165, 1.54) is 5.56 Å². The second-order valence-electron chi connectivity index (χ2n) is 4.67. The van der Waals surface area contributed by atoms with Crippen molar-refractivity contribution in [1.29, 1.82) is 0 Å². The lowest BCUT2D eigenvalue weighted by Gasteiger charge is -2.28. The molecule has 0 saturated carbocycles. The Morgan fingerprint density at radius 2 is 2.06 bits per heavy atom. The first-order chi connectivity index (χ1) is 7.78. The van der Waals surface area contributed by atoms with E-state index < -0.39 is 0 Å². The Morgan fingerprint density at radius 3 is 2.62 bits per heavy atom. The molecule has 88 valence electrons. The van der Waals surface area contributed by atoms with Gasteiger partial charge in [-0.2, -0.15) is 0 Å². The summed E-state index contributed by atoms with van der Waals surface area (Å²) in [5.41, 5.74) is 1.42. The standard InChI is InChI=1S/C14H21NO/c1-3-15-10-9-14(12-15,16-2)11-13-7-5-4-6-8-13/h4-8H,3,9-12H2,1-2H3. The van der Waals surface area contributed by atoms with E-state index in [1.54, 1.807) is 0 Å². The third kappa shape index (κ3) is 2.45. The van der Waals surface area contributed by atoms with Gasteiger partial charge in [0.1, 0.15) is 0 Å². The molecule has 0 N–H and O–H groups in total. The van der Waals surface area contributed by atoms with Crippen molar-refractivity contribution in [1.82, 2.24) is 4.90 Å². The van der Waals surface area contributed by atoms with Crippen LogP contribution in [-0.2, 0) is 11.2 Å². The van der Waals surface area contributed by atoms with Crippen LogP contribution in [0.4, 0.5) is 0 Å². The summed E-state index contributed by atoms with van der Waals surface area (Å²) in [4.78, 5) is 2.46. The van der Waals surface area contributed by atoms with Crippen LogP contribution in [0, 0.1) is 0 Å². The summed E-state index contributed by atoms with van der Waals surface area (Å²) in [7, 11) is 1.85. The highest BCUT2D eigenvalue weighted by Crippen LogP contribution is 2.28. The van der Waals surface area contributed by atoms with Crippen LogP contribution in [0.3, 0.4) is 0 Å². The first-order valence-corrected chi connectivity index (χ1v) is 6.09. The number of methoxy groups -OCH3 is 1. The third-order valence-corrected chi connectivity index (χ3v) is 3.64. The molecule has 1 unspecified atom stereocenters. The lowest BCUT2D eigenvalue weighted by Crippen LogP contribution is -2.37. The molecule has 0 spiro atoms. The van der Waals surface area contributed by atoms with Gasteiger partial charge >= 0.3 is 0 Å². The van der Waals surface area contributed by atoms with Crippen molar-refractivity contribution in [2.24, 2.45) is 0 Å². The Hall–Kier alpha value is -0.860. The summed E-state index contributed by atoms with van der Waals surface area (Å²) in [5, 5.41) is 0. The van der Waals surface area contributed by atoms with Gasteiger partial charge in [0.05, 0.1) is 5.60 Å². The Bertz CT molecular complexity index is 325. The topological polar surface area (TPSA) is 12.5 Å². The zero-order valence-corrected chi connectivity index (χ0v) is 10.3. The van der Waals surface area contributed by atoms with Crippen LogP contribution >= 0.6 is 0 Å². The maximum Gasteiger partial charge on any atom is 0.0857 e. The number of hydrogen-bond donors (Lipinski definition) is 0. The Morgan fingerprint density at radius 1 is 1.31 bits per heavy atom. The second kappa shape index (κ2) is 4.98. The summed E-state index contributed by atoms with van der Waals surface area (Å²) in [6.45, 7) is 5.57. The maximum absolute atomic E-state index is 5.79. The molecular weight excluding hydrogens is 198 g/mol. The van der Waals surface area contributed by atoms with Crippen molar-refractivity contribution < 1.29 is 4.74 Å². The maximum atomic E-state index is 5.79. The van der Waals surface area contributed by atoms with E-state index in [0.29, 0.717) is 0 Å². The van der Waals surface area contributed by atoms with E-state index in [2.05, 4.69) is 42.2 Å². The van der Waals surface area contributed by atoms with Crippen LogP contribution < -0.4 is 0 Å². The van der Waals surface area contributed by atoms with E-state index in [4.69, 9.17) is 4.74 Å². The Labute approximate surface area is 98.2 Å². The zero-order chi connectivity index (χ0) is 11.4. The molecule has 1 aromatic rings. The number of nitrogens with zero attached hydrogens (tertiary/aromatic N) is 1. The number of benzene rings is 1. The number of rotatable bonds is 4. The zero-order valence-electron chi connectivity index (χ0n) is 10.3. The molecular formula is C14H21NO. The van der Waals surface area contributed by atoms with Crippen molar-refractivity contribution in [3.63, 3.8) is 0 Å². The minimum absolute atomic E-state index is 0.0391. The fourth-order valence-electron chi connectivity index (χ4n) is 2.55. The van der Waals surface area contributed by atoms with Gasteiger partial charge in [-0.25, -0.2) is 0 Å². The molecule has 2 heteroatoms. The molecule has 2 nitrogen and oxygen atoms in total. The van der Waals surface area contributed by atoms with Gasteiger partial charge in [-0.15, -0.1) is 0 Å². The highest BCUT2D eigenvalue weighted by Gasteiger charge is 2.37. The van der Waals surface area contributed by atoms with E-state index in [0.717, 1.165) is 32.5 Å². The van der Waals surface area contributed by atoms with Crippen molar-refractivity contribution in [2.75, 3.05) is 26.7 Å². The molecule has 0 aromatic heterocycles. The molecule has 0 bridgehead atoms. The fourth-order valence-corrected chi connectivity index (χ4v) is 2.55. The minimum Gasteiger partial charge on any atom is -0.377 e. The van der Waals surface area contributed by atoms with Crippen molar-refractivity contribution in [3.05, 3.63) is 35.9 Å². The molecule has 1 fully saturated rings. The number of hydrogen-bond acceptors (Lipinski definition) is 2. The van der Waals surface area contributed by atoms with Gasteiger partial charge in [0.25, 0.3) is 0 Å². The summed E-state index contributed by atoms with van der Waals surface area (Å²) in [5.74, 6) is 0. The molecule has 0 amide bonds. The van der Waals surface area contributed by atoms with E-state index >= 15 is 0 Å². The first kappa shape index (κ1) is 11.6. The van der Waals surface area contributed by atoms with Crippen LogP contribution in [-0.4, -0.2) is 37.2 Å². The summed E-state index contributed by atoms with van der Waals surface area (Å²) >= 11 is 0. The highest BCUT2D eigenvalue weighted by atomic mass is 16.5. The van der Waals surface area contributed by atoms with E-state index in [-0.39, 0.29) is 5.60 Å². The Kier molecular flexibility index (Phi) is 3.62. The normalized spacial score (nSPS) is 26.1. The second-order valence-corrected chi connectivity index (χ2v) is 4.67. The van der Waals surface area contributed by atoms with E-state index in [1.807, 2.05) is 7.11 Å². The van der Waals surface area contributed by atoms with Gasteiger partial charge in [-0.1, -0.05) is 37.3 Å². The molecule has 2 rings (SSSR count). The minimum atomic E-state index is 0.0391. The van der Waals surface area contributed by atoms with Crippen molar-refractivity contribution in [2.45, 2.75) is 25.4 Å². The average molecular weight is 219 g/mol. The van der Waals surface area contributed by atoms with Gasteiger partial charge in [0.15, 0.2) is 0 Å². The monoisotopic (exact) mass is 219 g/mol. The summed E-state index contributed by atoms with van der Waals surface area (Å²) < 4.78 is 5.79. The molecule has 0 radical (unpaired) electrons. The summed E-state index contributed by atoms with van der Waals surface area (Å²) in [6.07, 6.45) is 2.17. The molecule has 0 aliphatic carbocycles. The molecule has 1 saturated heterocycles. The average Bonchev–Trinajstić information content (AvgIpc) is 2.75. The smallest absolute Gasteiger partial charge is 0.0857 e. The van der Waals surface area contributed by atoms with Crippen LogP contribution in [0.25, 0.3) is 0 Å². The lowest BCUT2D eigenvalue weighted by molar-refractivity contribution is -0.000720. The van der Waals surface area contributed by atoms with Gasteiger partial charge in [-0.05, 0) is 18.5 Å². The van der Waals surface area contributed by atoms with Gasteiger partial charge in [0.2, 0.25) is 0 Å². The first-order valence-electron chi connectivity index (χ1n) is 6.09. The predicted molar refractivity (Wildman–Crippen MR) is 66.6 cm³/mol. The van der Waals surface area contributed by atoms with Crippen LogP contribution in [0.2, 0.25) is 0 Å². The number of likely N-dealkylation sites (tertiary alicyclic amines) is 1. The van der Waals surface area contributed by atoms with E-state index in [9.17, 15) is 0 Å². The van der Waals surface area contributed by atoms with Gasteiger partial charge in [-0.3, -0.25) is 0 Å². The molecule has 1 aliphatic heterocycles. The molecule has 1 aromatic carbocycles. The number of likely N-dealkylation sites (N-methyl/N-ethyl adjacent to an activating group) is 1. The number of ether oxygens (including phenoxy) is 1. The van der Waals surface area contributed by atoms with Crippen molar-refractivity contribution >= 4 is 0 Å². The largest absolute Gasteiger partial charge is 0.377 e. The van der Waals surface area contributed by atoms with Gasteiger partial charge < -0.3 is 9.64 Å². The molecule has 16 heavy (non-hydrogen) atoms. The highest BCUT2D eigenvalue weighted by molar-refractivity contribution is 5.18. The third-order valence-electron chi connectivity index (χ3n) is 3.64. The Balaban J connectivity index is 2.06. The van der Waals surface area contributed by atoms with Crippen molar-refractivity contribution in [3.8, 4) is 0 Å². The molecule has 1 heterocycles. The van der Waals surface area contributed by atoms with Crippen LogP contribution in [0.1, 0.15) is 18.9 Å². The van der Waals surface area contributed by atoms with Crippen LogP contribution in [0.5, 0.6) is 0 Å². The molecule has 1 aliphatic rings. The van der Waals surface area contributed by atoms with Crippen LogP contribution in [0.15, 0.2) is 30.3 Å². The quantitative estimate of drug-likeness (QED) is 0.770. The fraction of sp³-hybridized carbons (Fsp3) is 0.571.